The minimum Gasteiger partial charge on any atom is -0.358 e. The molecule has 0 saturated heterocycles. The van der Waals surface area contributed by atoms with Gasteiger partial charge in [0.15, 0.2) is 0 Å². The minimum absolute atomic E-state index is 0.0444. The van der Waals surface area contributed by atoms with E-state index in [-0.39, 0.29) is 10.6 Å². The predicted octanol–water partition coefficient (Wildman–Crippen LogP) is 2.51. The van der Waals surface area contributed by atoms with E-state index in [1.165, 1.54) is 19.2 Å². The molecule has 0 aliphatic carbocycles. The van der Waals surface area contributed by atoms with Gasteiger partial charge in [0.1, 0.15) is 11.2 Å². The fourth-order valence-electron chi connectivity index (χ4n) is 0.984. The quantitative estimate of drug-likeness (QED) is 0.785. The molecule has 1 aromatic rings. The second-order valence-corrected chi connectivity index (χ2v) is 3.46. The van der Waals surface area contributed by atoms with Crippen LogP contribution in [0.1, 0.15) is 10.9 Å². The summed E-state index contributed by atoms with van der Waals surface area (Å²) in [5.74, 6) is -1.12. The van der Waals surface area contributed by atoms with Gasteiger partial charge in [-0.15, -0.1) is 11.6 Å². The number of rotatable bonds is 2. The fraction of sp³-hybridized carbons (Fsp3) is 0.222. The zero-order valence-electron chi connectivity index (χ0n) is 7.35. The van der Waals surface area contributed by atoms with Crippen molar-refractivity contribution in [3.05, 3.63) is 34.6 Å². The molecular weight excluding hydrogens is 228 g/mol. The van der Waals surface area contributed by atoms with E-state index in [1.54, 1.807) is 6.07 Å². The molecule has 1 N–H and O–H groups in total. The van der Waals surface area contributed by atoms with Crippen molar-refractivity contribution >= 4 is 29.1 Å². The summed E-state index contributed by atoms with van der Waals surface area (Å²) in [6, 6.07) is 4.36. The maximum atomic E-state index is 13.4. The molecule has 1 atom stereocenters. The first kappa shape index (κ1) is 11.3. The summed E-state index contributed by atoms with van der Waals surface area (Å²) in [6.45, 7) is 0. The van der Waals surface area contributed by atoms with E-state index in [9.17, 15) is 9.18 Å². The lowest BCUT2D eigenvalue weighted by Crippen LogP contribution is -2.23. The van der Waals surface area contributed by atoms with Gasteiger partial charge in [0.2, 0.25) is 5.91 Å². The van der Waals surface area contributed by atoms with Crippen LogP contribution >= 0.6 is 23.2 Å². The zero-order valence-corrected chi connectivity index (χ0v) is 8.86. The van der Waals surface area contributed by atoms with Gasteiger partial charge >= 0.3 is 0 Å². The van der Waals surface area contributed by atoms with E-state index in [0.717, 1.165) is 0 Å². The number of carbonyl (C=O) groups is 1. The third-order valence-corrected chi connectivity index (χ3v) is 2.46. The van der Waals surface area contributed by atoms with Gasteiger partial charge in [-0.3, -0.25) is 4.79 Å². The molecule has 76 valence electrons. The number of likely N-dealkylation sites (N-methyl/N-ethyl adjacent to an activating group) is 1. The highest BCUT2D eigenvalue weighted by Crippen LogP contribution is 2.27. The number of carbonyl (C=O) groups excluding carboxylic acids is 1. The van der Waals surface area contributed by atoms with Gasteiger partial charge in [-0.1, -0.05) is 23.7 Å². The highest BCUT2D eigenvalue weighted by molar-refractivity contribution is 6.32. The van der Waals surface area contributed by atoms with Crippen molar-refractivity contribution in [2.45, 2.75) is 5.38 Å². The SMILES string of the molecule is CNC(=O)C(Cl)c1cccc(Cl)c1F. The van der Waals surface area contributed by atoms with Crippen molar-refractivity contribution in [2.75, 3.05) is 7.05 Å². The Morgan fingerprint density at radius 3 is 2.79 bits per heavy atom. The summed E-state index contributed by atoms with van der Waals surface area (Å²) in [5.41, 5.74) is 0.0820. The first-order valence-electron chi connectivity index (χ1n) is 3.87. The van der Waals surface area contributed by atoms with E-state index in [4.69, 9.17) is 23.2 Å². The fourth-order valence-corrected chi connectivity index (χ4v) is 1.44. The lowest BCUT2D eigenvalue weighted by Gasteiger charge is -2.09. The molecule has 14 heavy (non-hydrogen) atoms. The Balaban J connectivity index is 3.07. The van der Waals surface area contributed by atoms with Crippen molar-refractivity contribution in [1.29, 1.82) is 0 Å². The molecule has 1 amide bonds. The Kier molecular flexibility index (Phi) is 3.72. The Morgan fingerprint density at radius 1 is 1.57 bits per heavy atom. The first-order chi connectivity index (χ1) is 6.57. The maximum absolute atomic E-state index is 13.4. The second-order valence-electron chi connectivity index (χ2n) is 2.62. The standard InChI is InChI=1S/C9H8Cl2FNO/c1-13-9(14)7(11)5-3-2-4-6(10)8(5)12/h2-4,7H,1H3,(H,13,14). The average Bonchev–Trinajstić information content (AvgIpc) is 2.20. The summed E-state index contributed by atoms with van der Waals surface area (Å²) in [6.07, 6.45) is 0. The number of alkyl halides is 1. The van der Waals surface area contributed by atoms with Crippen LogP contribution in [-0.2, 0) is 4.79 Å². The summed E-state index contributed by atoms with van der Waals surface area (Å²) in [5, 5.41) is 1.23. The third kappa shape index (κ3) is 2.16. The Hall–Kier alpha value is -0.800. The Morgan fingerprint density at radius 2 is 2.21 bits per heavy atom. The highest BCUT2D eigenvalue weighted by Gasteiger charge is 2.20. The molecule has 2 nitrogen and oxygen atoms in total. The van der Waals surface area contributed by atoms with Crippen molar-refractivity contribution in [2.24, 2.45) is 0 Å². The van der Waals surface area contributed by atoms with Crippen LogP contribution in [0.2, 0.25) is 5.02 Å². The van der Waals surface area contributed by atoms with Gasteiger partial charge in [0, 0.05) is 12.6 Å². The largest absolute Gasteiger partial charge is 0.358 e. The molecule has 0 aliphatic rings. The second kappa shape index (κ2) is 4.62. The van der Waals surface area contributed by atoms with E-state index in [0.29, 0.717) is 0 Å². The Bertz CT molecular complexity index is 357. The molecule has 1 rings (SSSR count). The number of hydrogen-bond acceptors (Lipinski definition) is 1. The molecular formula is C9H8Cl2FNO. The molecule has 0 saturated carbocycles. The van der Waals surface area contributed by atoms with E-state index in [2.05, 4.69) is 5.32 Å². The lowest BCUT2D eigenvalue weighted by atomic mass is 10.1. The van der Waals surface area contributed by atoms with Crippen molar-refractivity contribution < 1.29 is 9.18 Å². The summed E-state index contributed by atoms with van der Waals surface area (Å²) in [7, 11) is 1.43. The number of amides is 1. The average molecular weight is 236 g/mol. The minimum atomic E-state index is -1.06. The van der Waals surface area contributed by atoms with E-state index < -0.39 is 17.1 Å². The third-order valence-electron chi connectivity index (χ3n) is 1.73. The Labute approximate surface area is 91.0 Å². The van der Waals surface area contributed by atoms with Crippen LogP contribution in [0, 0.1) is 5.82 Å². The summed E-state index contributed by atoms with van der Waals surface area (Å²) in [4.78, 5) is 11.1. The zero-order chi connectivity index (χ0) is 10.7. The number of halogens is 3. The predicted molar refractivity (Wildman–Crippen MR) is 54.1 cm³/mol. The van der Waals surface area contributed by atoms with Crippen LogP contribution in [0.4, 0.5) is 4.39 Å². The van der Waals surface area contributed by atoms with E-state index in [1.807, 2.05) is 0 Å². The molecule has 0 bridgehead atoms. The van der Waals surface area contributed by atoms with E-state index >= 15 is 0 Å². The number of nitrogens with one attached hydrogen (secondary N) is 1. The molecule has 0 aliphatic heterocycles. The van der Waals surface area contributed by atoms with Crippen molar-refractivity contribution in [1.82, 2.24) is 5.32 Å². The molecule has 1 aromatic carbocycles. The smallest absolute Gasteiger partial charge is 0.242 e. The van der Waals surface area contributed by atoms with Crippen LogP contribution in [0.5, 0.6) is 0 Å². The summed E-state index contributed by atoms with van der Waals surface area (Å²) < 4.78 is 13.4. The molecule has 0 radical (unpaired) electrons. The van der Waals surface area contributed by atoms with Crippen LogP contribution in [0.15, 0.2) is 18.2 Å². The van der Waals surface area contributed by atoms with Gasteiger partial charge in [-0.25, -0.2) is 4.39 Å². The van der Waals surface area contributed by atoms with Gasteiger partial charge in [-0.05, 0) is 6.07 Å². The normalized spacial score (nSPS) is 12.3. The molecule has 1 unspecified atom stereocenters. The molecule has 0 fully saturated rings. The highest BCUT2D eigenvalue weighted by atomic mass is 35.5. The molecule has 0 spiro atoms. The number of hydrogen-bond donors (Lipinski definition) is 1. The van der Waals surface area contributed by atoms with Crippen molar-refractivity contribution in [3.63, 3.8) is 0 Å². The van der Waals surface area contributed by atoms with Crippen molar-refractivity contribution in [3.8, 4) is 0 Å². The van der Waals surface area contributed by atoms with Gasteiger partial charge < -0.3 is 5.32 Å². The molecule has 0 aromatic heterocycles. The van der Waals surface area contributed by atoms with Gasteiger partial charge in [0.05, 0.1) is 5.02 Å². The van der Waals surface area contributed by atoms with Crippen LogP contribution in [0.25, 0.3) is 0 Å². The van der Waals surface area contributed by atoms with Crippen LogP contribution in [-0.4, -0.2) is 13.0 Å². The lowest BCUT2D eigenvalue weighted by molar-refractivity contribution is -0.120. The van der Waals surface area contributed by atoms with Crippen LogP contribution in [0.3, 0.4) is 0 Å². The summed E-state index contributed by atoms with van der Waals surface area (Å²) >= 11 is 11.3. The topological polar surface area (TPSA) is 29.1 Å². The monoisotopic (exact) mass is 235 g/mol. The first-order valence-corrected chi connectivity index (χ1v) is 4.69. The maximum Gasteiger partial charge on any atom is 0.242 e. The molecule has 5 heteroatoms. The van der Waals surface area contributed by atoms with Gasteiger partial charge in [-0.2, -0.15) is 0 Å². The molecule has 0 heterocycles. The van der Waals surface area contributed by atoms with Crippen LogP contribution < -0.4 is 5.32 Å². The van der Waals surface area contributed by atoms with Gasteiger partial charge in [0.25, 0.3) is 0 Å². The number of benzene rings is 1.